The maximum absolute atomic E-state index is 6.11. The molecule has 5 heteroatoms. The average molecular weight is 277 g/mol. The minimum atomic E-state index is -0.274. The van der Waals surface area contributed by atoms with E-state index in [9.17, 15) is 0 Å². The molecule has 0 spiro atoms. The third kappa shape index (κ3) is 2.58. The molecule has 0 aliphatic rings. The molecule has 2 N–H and O–H groups in total. The van der Waals surface area contributed by atoms with Crippen molar-refractivity contribution in [3.05, 3.63) is 18.2 Å². The van der Waals surface area contributed by atoms with Crippen molar-refractivity contribution in [1.29, 1.82) is 0 Å². The number of imidazole rings is 1. The van der Waals surface area contributed by atoms with E-state index < -0.39 is 0 Å². The number of para-hydroxylation sites is 1. The standard InChI is InChI=1S/C15H23N3O2/c1-10(2)20-12-8-6-7-11-13(12)17-14(16)18(11)15(3,4)9-19-5/h6-8,10H,9H2,1-5H3,(H2,16,17). The predicted octanol–water partition coefficient (Wildman–Crippen LogP) is 2.79. The summed E-state index contributed by atoms with van der Waals surface area (Å²) in [5.74, 6) is 1.23. The van der Waals surface area contributed by atoms with Gasteiger partial charge in [0.15, 0.2) is 0 Å². The van der Waals surface area contributed by atoms with E-state index >= 15 is 0 Å². The van der Waals surface area contributed by atoms with Gasteiger partial charge in [0.25, 0.3) is 0 Å². The van der Waals surface area contributed by atoms with Crippen molar-refractivity contribution in [2.45, 2.75) is 39.3 Å². The first-order valence-corrected chi connectivity index (χ1v) is 6.80. The Kier molecular flexibility index (Phi) is 3.90. The Morgan fingerprint density at radius 3 is 2.65 bits per heavy atom. The quantitative estimate of drug-likeness (QED) is 0.912. The summed E-state index contributed by atoms with van der Waals surface area (Å²) in [4.78, 5) is 4.47. The number of aromatic nitrogens is 2. The van der Waals surface area contributed by atoms with Crippen LogP contribution in [0.4, 0.5) is 5.95 Å². The molecule has 20 heavy (non-hydrogen) atoms. The van der Waals surface area contributed by atoms with E-state index in [0.717, 1.165) is 16.8 Å². The van der Waals surface area contributed by atoms with Crippen LogP contribution in [-0.2, 0) is 10.3 Å². The molecule has 0 saturated heterocycles. The summed E-state index contributed by atoms with van der Waals surface area (Å²) in [5, 5.41) is 0. The smallest absolute Gasteiger partial charge is 0.201 e. The lowest BCUT2D eigenvalue weighted by Crippen LogP contribution is -2.32. The zero-order chi connectivity index (χ0) is 14.9. The molecule has 110 valence electrons. The topological polar surface area (TPSA) is 62.3 Å². The fourth-order valence-electron chi connectivity index (χ4n) is 2.49. The molecule has 0 saturated carbocycles. The van der Waals surface area contributed by atoms with Crippen molar-refractivity contribution in [3.63, 3.8) is 0 Å². The Bertz CT molecular complexity index is 602. The summed E-state index contributed by atoms with van der Waals surface area (Å²) in [7, 11) is 1.68. The molecule has 2 rings (SSSR count). The lowest BCUT2D eigenvalue weighted by Gasteiger charge is -2.27. The maximum atomic E-state index is 6.11. The van der Waals surface area contributed by atoms with Crippen molar-refractivity contribution < 1.29 is 9.47 Å². The third-order valence-corrected chi connectivity index (χ3v) is 3.14. The summed E-state index contributed by atoms with van der Waals surface area (Å²) in [6.45, 7) is 8.69. The second-order valence-corrected chi connectivity index (χ2v) is 5.84. The highest BCUT2D eigenvalue weighted by atomic mass is 16.5. The van der Waals surface area contributed by atoms with Crippen LogP contribution in [0.15, 0.2) is 18.2 Å². The number of benzene rings is 1. The fourth-order valence-corrected chi connectivity index (χ4v) is 2.49. The summed E-state index contributed by atoms with van der Waals surface area (Å²) in [6, 6.07) is 5.88. The Morgan fingerprint density at radius 1 is 1.35 bits per heavy atom. The van der Waals surface area contributed by atoms with Gasteiger partial charge in [-0.2, -0.15) is 0 Å². The average Bonchev–Trinajstić information content (AvgIpc) is 2.66. The normalized spacial score (nSPS) is 12.3. The van der Waals surface area contributed by atoms with E-state index in [1.807, 2.05) is 36.6 Å². The van der Waals surface area contributed by atoms with Crippen molar-refractivity contribution >= 4 is 17.0 Å². The largest absolute Gasteiger partial charge is 0.489 e. The van der Waals surface area contributed by atoms with Crippen LogP contribution in [0, 0.1) is 0 Å². The summed E-state index contributed by atoms with van der Waals surface area (Å²) in [5.41, 5.74) is 7.59. The molecule has 0 aliphatic heterocycles. The Morgan fingerprint density at radius 2 is 2.05 bits per heavy atom. The van der Waals surface area contributed by atoms with Gasteiger partial charge in [-0.3, -0.25) is 0 Å². The number of fused-ring (bicyclic) bond motifs is 1. The van der Waals surface area contributed by atoms with Crippen LogP contribution in [0.1, 0.15) is 27.7 Å². The molecule has 5 nitrogen and oxygen atoms in total. The number of anilines is 1. The fraction of sp³-hybridized carbons (Fsp3) is 0.533. The van der Waals surface area contributed by atoms with E-state index in [2.05, 4.69) is 18.8 Å². The lowest BCUT2D eigenvalue weighted by atomic mass is 10.1. The molecule has 0 unspecified atom stereocenters. The summed E-state index contributed by atoms with van der Waals surface area (Å²) in [6.07, 6.45) is 0.0963. The van der Waals surface area contributed by atoms with Crippen molar-refractivity contribution in [3.8, 4) is 5.75 Å². The first-order chi connectivity index (χ1) is 9.36. The minimum absolute atomic E-state index is 0.0963. The highest BCUT2D eigenvalue weighted by Gasteiger charge is 2.26. The first kappa shape index (κ1) is 14.7. The third-order valence-electron chi connectivity index (χ3n) is 3.14. The second-order valence-electron chi connectivity index (χ2n) is 5.84. The van der Waals surface area contributed by atoms with Gasteiger partial charge >= 0.3 is 0 Å². The Balaban J connectivity index is 2.60. The number of rotatable bonds is 5. The number of methoxy groups -OCH3 is 1. The highest BCUT2D eigenvalue weighted by molar-refractivity contribution is 5.84. The molecule has 1 heterocycles. The summed E-state index contributed by atoms with van der Waals surface area (Å²) < 4.78 is 13.1. The molecule has 0 radical (unpaired) electrons. The van der Waals surface area contributed by atoms with Gasteiger partial charge in [-0.25, -0.2) is 4.98 Å². The van der Waals surface area contributed by atoms with Crippen LogP contribution in [0.25, 0.3) is 11.0 Å². The van der Waals surface area contributed by atoms with E-state index in [-0.39, 0.29) is 11.6 Å². The van der Waals surface area contributed by atoms with E-state index in [1.165, 1.54) is 0 Å². The van der Waals surface area contributed by atoms with Crippen LogP contribution >= 0.6 is 0 Å². The van der Waals surface area contributed by atoms with Crippen LogP contribution in [0.2, 0.25) is 0 Å². The SMILES string of the molecule is COCC(C)(C)n1c(N)nc2c(OC(C)C)cccc21. The molecule has 0 atom stereocenters. The zero-order valence-corrected chi connectivity index (χ0v) is 12.8. The molecule has 0 amide bonds. The Hall–Kier alpha value is -1.75. The molecular weight excluding hydrogens is 254 g/mol. The molecule has 1 aromatic carbocycles. The van der Waals surface area contributed by atoms with Crippen molar-refractivity contribution in [1.82, 2.24) is 9.55 Å². The monoisotopic (exact) mass is 277 g/mol. The predicted molar refractivity (Wildman–Crippen MR) is 81.1 cm³/mol. The van der Waals surface area contributed by atoms with Crippen molar-refractivity contribution in [2.75, 3.05) is 19.5 Å². The number of hydrogen-bond acceptors (Lipinski definition) is 4. The van der Waals surface area contributed by atoms with E-state index in [0.29, 0.717) is 12.6 Å². The van der Waals surface area contributed by atoms with Crippen LogP contribution in [0.5, 0.6) is 5.75 Å². The number of nitrogens with two attached hydrogens (primary N) is 1. The van der Waals surface area contributed by atoms with Crippen LogP contribution in [-0.4, -0.2) is 29.4 Å². The minimum Gasteiger partial charge on any atom is -0.489 e. The second kappa shape index (κ2) is 5.32. The molecule has 2 aromatic rings. The molecule has 1 aromatic heterocycles. The van der Waals surface area contributed by atoms with Gasteiger partial charge in [-0.15, -0.1) is 0 Å². The van der Waals surface area contributed by atoms with Gasteiger partial charge < -0.3 is 19.8 Å². The van der Waals surface area contributed by atoms with Gasteiger partial charge in [-0.1, -0.05) is 6.07 Å². The number of nitrogen functional groups attached to an aromatic ring is 1. The van der Waals surface area contributed by atoms with Gasteiger partial charge in [0.05, 0.1) is 23.8 Å². The maximum Gasteiger partial charge on any atom is 0.201 e. The molecule has 0 bridgehead atoms. The first-order valence-electron chi connectivity index (χ1n) is 6.80. The zero-order valence-electron chi connectivity index (χ0n) is 12.8. The molecular formula is C15H23N3O2. The van der Waals surface area contributed by atoms with Gasteiger partial charge in [0, 0.05) is 7.11 Å². The lowest BCUT2D eigenvalue weighted by molar-refractivity contribution is 0.113. The Labute approximate surface area is 119 Å². The van der Waals surface area contributed by atoms with Crippen molar-refractivity contribution in [2.24, 2.45) is 0 Å². The van der Waals surface area contributed by atoms with Gasteiger partial charge in [0.1, 0.15) is 11.3 Å². The number of nitrogens with zero attached hydrogens (tertiary/aromatic N) is 2. The van der Waals surface area contributed by atoms with Gasteiger partial charge in [0.2, 0.25) is 5.95 Å². The highest BCUT2D eigenvalue weighted by Crippen LogP contribution is 2.32. The summed E-state index contributed by atoms with van der Waals surface area (Å²) >= 11 is 0. The van der Waals surface area contributed by atoms with Gasteiger partial charge in [-0.05, 0) is 39.8 Å². The molecule has 0 aliphatic carbocycles. The van der Waals surface area contributed by atoms with Crippen LogP contribution < -0.4 is 10.5 Å². The van der Waals surface area contributed by atoms with E-state index in [4.69, 9.17) is 15.2 Å². The van der Waals surface area contributed by atoms with Crippen LogP contribution in [0.3, 0.4) is 0 Å². The molecule has 0 fully saturated rings. The number of hydrogen-bond donors (Lipinski definition) is 1. The number of ether oxygens (including phenoxy) is 2. The van der Waals surface area contributed by atoms with E-state index in [1.54, 1.807) is 7.11 Å².